The van der Waals surface area contributed by atoms with Gasteiger partial charge in [0.15, 0.2) is 0 Å². The second-order valence-electron chi connectivity index (χ2n) is 6.17. The Labute approximate surface area is 141 Å². The zero-order valence-corrected chi connectivity index (χ0v) is 13.5. The topological polar surface area (TPSA) is 71.5 Å². The Morgan fingerprint density at radius 3 is 2.50 bits per heavy atom. The zero-order chi connectivity index (χ0) is 16.8. The van der Waals surface area contributed by atoms with Crippen LogP contribution in [0.4, 0.5) is 0 Å². The van der Waals surface area contributed by atoms with Crippen molar-refractivity contribution < 1.29 is 14.6 Å². The van der Waals surface area contributed by atoms with Crippen molar-refractivity contribution in [2.45, 2.75) is 31.7 Å². The maximum atomic E-state index is 12.3. The second-order valence-corrected chi connectivity index (χ2v) is 6.17. The number of benzene rings is 1. The Kier molecular flexibility index (Phi) is 5.43. The first kappa shape index (κ1) is 16.5. The van der Waals surface area contributed by atoms with Gasteiger partial charge < -0.3 is 15.2 Å². The van der Waals surface area contributed by atoms with Gasteiger partial charge in [-0.25, -0.2) is 4.98 Å². The molecule has 0 spiro atoms. The molecule has 1 heterocycles. The molecule has 1 fully saturated rings. The molecule has 2 N–H and O–H groups in total. The van der Waals surface area contributed by atoms with Crippen LogP contribution in [-0.2, 0) is 0 Å². The third-order valence-electron chi connectivity index (χ3n) is 4.40. The molecule has 1 aliphatic rings. The molecule has 3 rings (SSSR count). The van der Waals surface area contributed by atoms with Crippen LogP contribution >= 0.6 is 0 Å². The lowest BCUT2D eigenvalue weighted by atomic mass is 9.86. The van der Waals surface area contributed by atoms with Gasteiger partial charge in [-0.15, -0.1) is 0 Å². The van der Waals surface area contributed by atoms with E-state index in [1.54, 1.807) is 12.1 Å². The summed E-state index contributed by atoms with van der Waals surface area (Å²) in [5.74, 6) is 1.44. The first-order chi connectivity index (χ1) is 11.7. The normalized spacial score (nSPS) is 20.4. The van der Waals surface area contributed by atoms with Gasteiger partial charge in [-0.2, -0.15) is 0 Å². The van der Waals surface area contributed by atoms with Gasteiger partial charge in [0.1, 0.15) is 5.75 Å². The summed E-state index contributed by atoms with van der Waals surface area (Å²) in [5, 5.41) is 12.2. The molecule has 126 valence electrons. The molecule has 1 saturated carbocycles. The van der Waals surface area contributed by atoms with Gasteiger partial charge in [-0.05, 0) is 49.8 Å². The fourth-order valence-electron chi connectivity index (χ4n) is 2.94. The number of carbonyl (C=O) groups excluding carboxylic acids is 1. The van der Waals surface area contributed by atoms with Crippen molar-refractivity contribution in [2.24, 2.45) is 5.92 Å². The van der Waals surface area contributed by atoms with E-state index in [0.29, 0.717) is 23.1 Å². The smallest absolute Gasteiger partial charge is 0.253 e. The highest BCUT2D eigenvalue weighted by Crippen LogP contribution is 2.24. The molecule has 1 aliphatic carbocycles. The number of carbonyl (C=O) groups is 1. The van der Waals surface area contributed by atoms with Crippen LogP contribution in [0.5, 0.6) is 11.6 Å². The number of nitrogens with one attached hydrogen (secondary N) is 1. The van der Waals surface area contributed by atoms with Crippen LogP contribution in [0.15, 0.2) is 48.7 Å². The van der Waals surface area contributed by atoms with Crippen LogP contribution in [0.3, 0.4) is 0 Å². The monoisotopic (exact) mass is 326 g/mol. The number of rotatable bonds is 5. The summed E-state index contributed by atoms with van der Waals surface area (Å²) in [4.78, 5) is 16.5. The minimum absolute atomic E-state index is 0.110. The Morgan fingerprint density at radius 1 is 1.12 bits per heavy atom. The van der Waals surface area contributed by atoms with Crippen LogP contribution in [0, 0.1) is 5.92 Å². The Balaban J connectivity index is 1.54. The van der Waals surface area contributed by atoms with Crippen LogP contribution in [0.1, 0.15) is 36.0 Å². The summed E-state index contributed by atoms with van der Waals surface area (Å²) >= 11 is 0. The van der Waals surface area contributed by atoms with Crippen LogP contribution in [0.25, 0.3) is 0 Å². The molecule has 5 heteroatoms. The van der Waals surface area contributed by atoms with Crippen molar-refractivity contribution in [3.63, 3.8) is 0 Å². The maximum Gasteiger partial charge on any atom is 0.253 e. The lowest BCUT2D eigenvalue weighted by Gasteiger charge is -2.27. The number of aliphatic hydroxyl groups excluding tert-OH is 1. The highest BCUT2D eigenvalue weighted by atomic mass is 16.5. The fraction of sp³-hybridized carbons (Fsp3) is 0.368. The highest BCUT2D eigenvalue weighted by Gasteiger charge is 2.22. The van der Waals surface area contributed by atoms with Crippen molar-refractivity contribution >= 4 is 5.91 Å². The number of nitrogens with zero attached hydrogens (tertiary/aromatic N) is 1. The predicted molar refractivity (Wildman–Crippen MR) is 91.1 cm³/mol. The van der Waals surface area contributed by atoms with Crippen LogP contribution in [0.2, 0.25) is 0 Å². The lowest BCUT2D eigenvalue weighted by Crippen LogP contribution is -2.38. The van der Waals surface area contributed by atoms with E-state index in [4.69, 9.17) is 9.84 Å². The molecule has 24 heavy (non-hydrogen) atoms. The molecule has 1 aromatic heterocycles. The van der Waals surface area contributed by atoms with Crippen LogP contribution in [-0.4, -0.2) is 28.6 Å². The molecule has 1 amide bonds. The molecule has 2 aromatic rings. The van der Waals surface area contributed by atoms with Crippen molar-refractivity contribution in [2.75, 3.05) is 6.61 Å². The number of ether oxygens (including phenoxy) is 1. The van der Waals surface area contributed by atoms with Crippen LogP contribution < -0.4 is 10.1 Å². The zero-order valence-electron chi connectivity index (χ0n) is 13.5. The molecule has 0 atom stereocenters. The molecular weight excluding hydrogens is 304 g/mol. The Bertz CT molecular complexity index is 650. The number of para-hydroxylation sites is 1. The lowest BCUT2D eigenvalue weighted by molar-refractivity contribution is 0.0913. The van der Waals surface area contributed by atoms with Crippen molar-refractivity contribution in [3.8, 4) is 11.6 Å². The molecule has 0 unspecified atom stereocenters. The SMILES string of the molecule is O=C(NC1CCC(CO)CC1)c1ccc(Oc2ccccc2)nc1. The van der Waals surface area contributed by atoms with E-state index in [1.165, 1.54) is 6.20 Å². The van der Waals surface area contributed by atoms with E-state index in [0.717, 1.165) is 25.7 Å². The average Bonchev–Trinajstić information content (AvgIpc) is 2.64. The highest BCUT2D eigenvalue weighted by molar-refractivity contribution is 5.94. The number of hydrogen-bond donors (Lipinski definition) is 2. The van der Waals surface area contributed by atoms with Gasteiger partial charge >= 0.3 is 0 Å². The number of pyridine rings is 1. The van der Waals surface area contributed by atoms with E-state index in [-0.39, 0.29) is 18.6 Å². The first-order valence-corrected chi connectivity index (χ1v) is 8.35. The van der Waals surface area contributed by atoms with Gasteiger partial charge in [-0.3, -0.25) is 4.79 Å². The molecular formula is C19H22N2O3. The summed E-state index contributed by atoms with van der Waals surface area (Å²) in [5.41, 5.74) is 0.527. The maximum absolute atomic E-state index is 12.3. The number of aromatic nitrogens is 1. The molecule has 0 aliphatic heterocycles. The number of hydrogen-bond acceptors (Lipinski definition) is 4. The number of amides is 1. The standard InChI is InChI=1S/C19H22N2O3/c22-13-14-6-9-16(10-7-14)21-19(23)15-8-11-18(20-12-15)24-17-4-2-1-3-5-17/h1-5,8,11-12,14,16,22H,6-7,9-10,13H2,(H,21,23). The third kappa shape index (κ3) is 4.32. The molecule has 0 saturated heterocycles. The predicted octanol–water partition coefficient (Wildman–Crippen LogP) is 3.15. The van der Waals surface area contributed by atoms with Gasteiger partial charge in [0.2, 0.25) is 5.88 Å². The summed E-state index contributed by atoms with van der Waals surface area (Å²) in [6.07, 6.45) is 5.29. The van der Waals surface area contributed by atoms with E-state index in [2.05, 4.69) is 10.3 Å². The largest absolute Gasteiger partial charge is 0.439 e. The quantitative estimate of drug-likeness (QED) is 0.885. The van der Waals surface area contributed by atoms with E-state index >= 15 is 0 Å². The minimum Gasteiger partial charge on any atom is -0.439 e. The van der Waals surface area contributed by atoms with Crippen molar-refractivity contribution in [1.29, 1.82) is 0 Å². The molecule has 1 aromatic carbocycles. The van der Waals surface area contributed by atoms with Crippen molar-refractivity contribution in [1.82, 2.24) is 10.3 Å². The van der Waals surface area contributed by atoms with Gasteiger partial charge in [0.05, 0.1) is 5.56 Å². The minimum atomic E-state index is -0.110. The van der Waals surface area contributed by atoms with Crippen molar-refractivity contribution in [3.05, 3.63) is 54.2 Å². The average molecular weight is 326 g/mol. The summed E-state index contributed by atoms with van der Waals surface area (Å²) in [7, 11) is 0. The van der Waals surface area contributed by atoms with E-state index < -0.39 is 0 Å². The van der Waals surface area contributed by atoms with Gasteiger partial charge in [0.25, 0.3) is 5.91 Å². The molecule has 0 bridgehead atoms. The van der Waals surface area contributed by atoms with E-state index in [9.17, 15) is 4.79 Å². The molecule has 5 nitrogen and oxygen atoms in total. The second kappa shape index (κ2) is 7.93. The third-order valence-corrected chi connectivity index (χ3v) is 4.40. The fourth-order valence-corrected chi connectivity index (χ4v) is 2.94. The van der Waals surface area contributed by atoms with E-state index in [1.807, 2.05) is 30.3 Å². The molecule has 0 radical (unpaired) electrons. The number of aliphatic hydroxyl groups is 1. The van der Waals surface area contributed by atoms with Gasteiger partial charge in [0, 0.05) is 24.9 Å². The first-order valence-electron chi connectivity index (χ1n) is 8.35. The summed E-state index contributed by atoms with van der Waals surface area (Å²) < 4.78 is 5.62. The van der Waals surface area contributed by atoms with Gasteiger partial charge in [-0.1, -0.05) is 18.2 Å². The Morgan fingerprint density at radius 2 is 1.88 bits per heavy atom. The summed E-state index contributed by atoms with van der Waals surface area (Å²) in [6.45, 7) is 0.244. The summed E-state index contributed by atoms with van der Waals surface area (Å²) in [6, 6.07) is 13.0. The Hall–Kier alpha value is -2.40.